The fraction of sp³-hybridized carbons (Fsp3) is 0.350. The van der Waals surface area contributed by atoms with Gasteiger partial charge in [-0.15, -0.1) is 11.8 Å². The first kappa shape index (κ1) is 18.9. The molecule has 1 amide bonds. The second-order valence-corrected chi connectivity index (χ2v) is 7.61. The number of hydrogen-bond acceptors (Lipinski definition) is 4. The van der Waals surface area contributed by atoms with Gasteiger partial charge in [-0.1, -0.05) is 17.7 Å². The summed E-state index contributed by atoms with van der Waals surface area (Å²) in [5.41, 5.74) is 1.06. The van der Waals surface area contributed by atoms with Gasteiger partial charge < -0.3 is 14.4 Å². The molecule has 1 aliphatic rings. The van der Waals surface area contributed by atoms with E-state index < -0.39 is 0 Å². The first-order valence-electron chi connectivity index (χ1n) is 8.70. The van der Waals surface area contributed by atoms with Crippen molar-refractivity contribution < 1.29 is 14.3 Å². The number of carbonyl (C=O) groups is 1. The van der Waals surface area contributed by atoms with Gasteiger partial charge in [-0.2, -0.15) is 0 Å². The molecule has 138 valence electrons. The third kappa shape index (κ3) is 5.08. The lowest BCUT2D eigenvalue weighted by atomic mass is 10.1. The smallest absolute Gasteiger partial charge is 0.231 e. The summed E-state index contributed by atoms with van der Waals surface area (Å²) in [5, 5.41) is 0.742. The zero-order chi connectivity index (χ0) is 18.4. The summed E-state index contributed by atoms with van der Waals surface area (Å²) in [7, 11) is 0. The summed E-state index contributed by atoms with van der Waals surface area (Å²) >= 11 is 7.64. The Kier molecular flexibility index (Phi) is 6.69. The molecule has 1 aliphatic heterocycles. The second kappa shape index (κ2) is 9.19. The van der Waals surface area contributed by atoms with Gasteiger partial charge in [-0.3, -0.25) is 4.79 Å². The standard InChI is InChI=1S/C20H22ClNO3S/c1-2-22(13-15-5-10-18-19(12-15)25-14-24-18)20(23)4-3-11-26-17-8-6-16(21)7-9-17/h5-10,12H,2-4,11,13-14H2,1H3. The van der Waals surface area contributed by atoms with Crippen molar-refractivity contribution >= 4 is 29.3 Å². The lowest BCUT2D eigenvalue weighted by molar-refractivity contribution is -0.131. The normalized spacial score (nSPS) is 12.2. The van der Waals surface area contributed by atoms with E-state index in [1.54, 1.807) is 11.8 Å². The van der Waals surface area contributed by atoms with E-state index in [0.717, 1.165) is 34.3 Å². The monoisotopic (exact) mass is 391 g/mol. The summed E-state index contributed by atoms with van der Waals surface area (Å²) in [6, 6.07) is 13.6. The number of ether oxygens (including phenoxy) is 2. The lowest BCUT2D eigenvalue weighted by Crippen LogP contribution is -2.30. The number of carbonyl (C=O) groups excluding carboxylic acids is 1. The van der Waals surface area contributed by atoms with Crippen LogP contribution in [-0.2, 0) is 11.3 Å². The molecule has 0 saturated carbocycles. The molecule has 6 heteroatoms. The van der Waals surface area contributed by atoms with Gasteiger partial charge in [0, 0.05) is 29.4 Å². The molecule has 2 aromatic carbocycles. The van der Waals surface area contributed by atoms with E-state index in [2.05, 4.69) is 0 Å². The van der Waals surface area contributed by atoms with Gasteiger partial charge >= 0.3 is 0 Å². The van der Waals surface area contributed by atoms with E-state index in [1.807, 2.05) is 54.3 Å². The quantitative estimate of drug-likeness (QED) is 0.469. The molecule has 26 heavy (non-hydrogen) atoms. The molecule has 3 rings (SSSR count). The zero-order valence-electron chi connectivity index (χ0n) is 14.7. The minimum absolute atomic E-state index is 0.182. The van der Waals surface area contributed by atoms with Crippen molar-refractivity contribution in [2.45, 2.75) is 31.2 Å². The van der Waals surface area contributed by atoms with Crippen LogP contribution in [0.3, 0.4) is 0 Å². The molecule has 0 spiro atoms. The average molecular weight is 392 g/mol. The van der Waals surface area contributed by atoms with Gasteiger partial charge in [-0.25, -0.2) is 0 Å². The first-order valence-corrected chi connectivity index (χ1v) is 10.1. The molecule has 0 atom stereocenters. The van der Waals surface area contributed by atoms with E-state index in [9.17, 15) is 4.79 Å². The second-order valence-electron chi connectivity index (χ2n) is 6.00. The summed E-state index contributed by atoms with van der Waals surface area (Å²) in [6.07, 6.45) is 1.41. The molecule has 0 radical (unpaired) electrons. The van der Waals surface area contributed by atoms with Gasteiger partial charge in [0.15, 0.2) is 11.5 Å². The van der Waals surface area contributed by atoms with Crippen LogP contribution in [0.2, 0.25) is 5.02 Å². The van der Waals surface area contributed by atoms with E-state index in [4.69, 9.17) is 21.1 Å². The maximum absolute atomic E-state index is 12.5. The summed E-state index contributed by atoms with van der Waals surface area (Å²) in [5.74, 6) is 2.61. The molecule has 0 fully saturated rings. The average Bonchev–Trinajstić information content (AvgIpc) is 3.12. The van der Waals surface area contributed by atoms with Crippen LogP contribution in [0.4, 0.5) is 0 Å². The topological polar surface area (TPSA) is 38.8 Å². The van der Waals surface area contributed by atoms with Crippen LogP contribution in [0.5, 0.6) is 11.5 Å². The van der Waals surface area contributed by atoms with Crippen molar-refractivity contribution in [1.29, 1.82) is 0 Å². The molecule has 4 nitrogen and oxygen atoms in total. The Labute approximate surface area is 163 Å². The van der Waals surface area contributed by atoms with Gasteiger partial charge in [-0.05, 0) is 61.1 Å². The van der Waals surface area contributed by atoms with Gasteiger partial charge in [0.1, 0.15) is 0 Å². The Bertz CT molecular complexity index is 751. The Morgan fingerprint density at radius 3 is 2.69 bits per heavy atom. The Balaban J connectivity index is 1.45. The minimum Gasteiger partial charge on any atom is -0.454 e. The van der Waals surface area contributed by atoms with Crippen molar-refractivity contribution in [1.82, 2.24) is 4.90 Å². The largest absolute Gasteiger partial charge is 0.454 e. The van der Waals surface area contributed by atoms with Crippen molar-refractivity contribution in [2.24, 2.45) is 0 Å². The number of fused-ring (bicyclic) bond motifs is 1. The van der Waals surface area contributed by atoms with Crippen molar-refractivity contribution in [3.63, 3.8) is 0 Å². The highest BCUT2D eigenvalue weighted by molar-refractivity contribution is 7.99. The highest BCUT2D eigenvalue weighted by atomic mass is 35.5. The highest BCUT2D eigenvalue weighted by Crippen LogP contribution is 2.32. The Morgan fingerprint density at radius 2 is 1.92 bits per heavy atom. The molecule has 0 aromatic heterocycles. The van der Waals surface area contributed by atoms with Crippen LogP contribution in [0.15, 0.2) is 47.4 Å². The van der Waals surface area contributed by atoms with E-state index in [0.29, 0.717) is 19.5 Å². The molecule has 1 heterocycles. The van der Waals surface area contributed by atoms with E-state index in [1.165, 1.54) is 4.90 Å². The van der Waals surface area contributed by atoms with E-state index in [-0.39, 0.29) is 12.7 Å². The predicted molar refractivity (Wildman–Crippen MR) is 105 cm³/mol. The fourth-order valence-electron chi connectivity index (χ4n) is 2.74. The number of thioether (sulfide) groups is 1. The maximum atomic E-state index is 12.5. The van der Waals surface area contributed by atoms with Crippen molar-refractivity contribution in [3.8, 4) is 11.5 Å². The molecule has 0 unspecified atom stereocenters. The molecule has 2 aromatic rings. The Morgan fingerprint density at radius 1 is 1.15 bits per heavy atom. The van der Waals surface area contributed by atoms with Crippen LogP contribution in [0, 0.1) is 0 Å². The van der Waals surface area contributed by atoms with Gasteiger partial charge in [0.25, 0.3) is 0 Å². The molecule has 0 saturated heterocycles. The van der Waals surface area contributed by atoms with Crippen LogP contribution < -0.4 is 9.47 Å². The minimum atomic E-state index is 0.182. The van der Waals surface area contributed by atoms with E-state index >= 15 is 0 Å². The number of benzene rings is 2. The molecule has 0 bridgehead atoms. The number of amides is 1. The predicted octanol–water partition coefficient (Wildman–Crippen LogP) is 4.99. The highest BCUT2D eigenvalue weighted by Gasteiger charge is 2.16. The van der Waals surface area contributed by atoms with Crippen LogP contribution in [0.1, 0.15) is 25.3 Å². The fourth-order valence-corrected chi connectivity index (χ4v) is 3.72. The molecule has 0 N–H and O–H groups in total. The number of rotatable bonds is 8. The third-order valence-electron chi connectivity index (χ3n) is 4.16. The number of halogens is 1. The van der Waals surface area contributed by atoms with Crippen LogP contribution in [0.25, 0.3) is 0 Å². The lowest BCUT2D eigenvalue weighted by Gasteiger charge is -2.21. The zero-order valence-corrected chi connectivity index (χ0v) is 16.3. The summed E-state index contributed by atoms with van der Waals surface area (Å²) in [4.78, 5) is 15.6. The van der Waals surface area contributed by atoms with Gasteiger partial charge in [0.2, 0.25) is 12.7 Å². The molecule has 0 aliphatic carbocycles. The van der Waals surface area contributed by atoms with Crippen molar-refractivity contribution in [2.75, 3.05) is 19.1 Å². The molecular formula is C20H22ClNO3S. The molecular weight excluding hydrogens is 370 g/mol. The van der Waals surface area contributed by atoms with Crippen LogP contribution >= 0.6 is 23.4 Å². The van der Waals surface area contributed by atoms with Crippen molar-refractivity contribution in [3.05, 3.63) is 53.1 Å². The number of hydrogen-bond donors (Lipinski definition) is 0. The first-order chi connectivity index (χ1) is 12.7. The maximum Gasteiger partial charge on any atom is 0.231 e. The summed E-state index contributed by atoms with van der Waals surface area (Å²) in [6.45, 7) is 3.56. The van der Waals surface area contributed by atoms with Crippen LogP contribution in [-0.4, -0.2) is 29.9 Å². The number of nitrogens with zero attached hydrogens (tertiary/aromatic N) is 1. The third-order valence-corrected chi connectivity index (χ3v) is 5.51. The Hall–Kier alpha value is -1.85. The SMILES string of the molecule is CCN(Cc1ccc2c(c1)OCO2)C(=O)CCCSc1ccc(Cl)cc1. The summed E-state index contributed by atoms with van der Waals surface area (Å²) < 4.78 is 10.7. The van der Waals surface area contributed by atoms with Gasteiger partial charge in [0.05, 0.1) is 0 Å².